The van der Waals surface area contributed by atoms with Crippen LogP contribution in [-0.2, 0) is 27.1 Å². The number of pyridine rings is 1. The van der Waals surface area contributed by atoms with Gasteiger partial charge in [0.25, 0.3) is 0 Å². The van der Waals surface area contributed by atoms with Crippen molar-refractivity contribution in [2.24, 2.45) is 5.92 Å². The molecule has 0 aliphatic carbocycles. The average molecular weight is 498 g/mol. The van der Waals surface area contributed by atoms with Gasteiger partial charge in [-0.3, -0.25) is 9.69 Å². The summed E-state index contributed by atoms with van der Waals surface area (Å²) in [6.45, 7) is 4.17. The summed E-state index contributed by atoms with van der Waals surface area (Å²) in [6.07, 6.45) is 6.49. The van der Waals surface area contributed by atoms with Gasteiger partial charge in [0.15, 0.2) is 0 Å². The van der Waals surface area contributed by atoms with Crippen molar-refractivity contribution in [2.75, 3.05) is 44.8 Å². The molecule has 0 unspecified atom stereocenters. The molecule has 2 saturated heterocycles. The van der Waals surface area contributed by atoms with E-state index in [9.17, 15) is 14.3 Å². The molecule has 3 aliphatic heterocycles. The van der Waals surface area contributed by atoms with Crippen LogP contribution >= 0.6 is 0 Å². The number of nitrogens with one attached hydrogen (secondary N) is 1. The quantitative estimate of drug-likeness (QED) is 0.467. The minimum Gasteiger partial charge on any atom is -0.480 e. The van der Waals surface area contributed by atoms with Crippen LogP contribution in [0.3, 0.4) is 0 Å². The van der Waals surface area contributed by atoms with Crippen molar-refractivity contribution in [1.29, 1.82) is 0 Å². The van der Waals surface area contributed by atoms with E-state index < -0.39 is 17.8 Å². The number of carboxylic acid groups (broad SMARTS) is 1. The molecule has 3 atom stereocenters. The van der Waals surface area contributed by atoms with Gasteiger partial charge in [-0.1, -0.05) is 12.1 Å². The number of hydrogen-bond donors (Lipinski definition) is 2. The SMILES string of the molecule is O=C(O)[C@@H](c1cc(F)ccc1[C@H]1CCCO1)N1CC[C@@H](COCCCc2ccc3c(n2)NCCC3)C1. The van der Waals surface area contributed by atoms with Gasteiger partial charge in [0.1, 0.15) is 17.7 Å². The monoisotopic (exact) mass is 497 g/mol. The molecule has 0 bridgehead atoms. The summed E-state index contributed by atoms with van der Waals surface area (Å²) < 4.78 is 26.0. The lowest BCUT2D eigenvalue weighted by atomic mass is 9.94. The van der Waals surface area contributed by atoms with E-state index in [1.165, 1.54) is 17.7 Å². The Bertz CT molecular complexity index is 1060. The van der Waals surface area contributed by atoms with E-state index in [1.54, 1.807) is 6.07 Å². The predicted octanol–water partition coefficient (Wildman–Crippen LogP) is 4.53. The number of nitrogens with zero attached hydrogens (tertiary/aromatic N) is 2. The fraction of sp³-hybridized carbons (Fsp3) is 0.571. The molecular formula is C28H36FN3O4. The summed E-state index contributed by atoms with van der Waals surface area (Å²) >= 11 is 0. The fourth-order valence-corrected chi connectivity index (χ4v) is 5.73. The van der Waals surface area contributed by atoms with E-state index in [1.807, 2.05) is 4.90 Å². The Morgan fingerprint density at radius 1 is 1.28 bits per heavy atom. The van der Waals surface area contributed by atoms with E-state index in [0.29, 0.717) is 38.5 Å². The fourth-order valence-electron chi connectivity index (χ4n) is 5.73. The first-order valence-electron chi connectivity index (χ1n) is 13.3. The standard InChI is InChI=1S/C28H36FN3O4/c29-21-8-10-23(25-6-3-15-36-25)24(16-21)26(28(33)34)32-13-11-19(17-32)18-35-14-2-5-22-9-7-20-4-1-12-30-27(20)31-22/h7-10,16,19,25-26H,1-6,11-15,17-18H2,(H,30,31)(H,33,34)/t19-,25-,26-/m1/s1. The number of ether oxygens (including phenoxy) is 2. The third kappa shape index (κ3) is 5.88. The van der Waals surface area contributed by atoms with Crippen LogP contribution in [0, 0.1) is 11.7 Å². The molecule has 194 valence electrons. The Morgan fingerprint density at radius 3 is 3.03 bits per heavy atom. The molecule has 3 aliphatic rings. The van der Waals surface area contributed by atoms with Gasteiger partial charge < -0.3 is 19.9 Å². The number of benzene rings is 1. The van der Waals surface area contributed by atoms with Crippen LogP contribution in [0.2, 0.25) is 0 Å². The summed E-state index contributed by atoms with van der Waals surface area (Å²) in [7, 11) is 0. The van der Waals surface area contributed by atoms with Crippen molar-refractivity contribution in [1.82, 2.24) is 9.88 Å². The van der Waals surface area contributed by atoms with Crippen LogP contribution in [0.1, 0.15) is 66.6 Å². The minimum atomic E-state index is -0.951. The van der Waals surface area contributed by atoms with E-state index in [4.69, 9.17) is 14.5 Å². The normalized spacial score (nSPS) is 22.8. The summed E-state index contributed by atoms with van der Waals surface area (Å²) in [5, 5.41) is 13.5. The number of aromatic nitrogens is 1. The van der Waals surface area contributed by atoms with Gasteiger partial charge in [0.05, 0.1) is 12.7 Å². The Morgan fingerprint density at radius 2 is 2.19 bits per heavy atom. The van der Waals surface area contributed by atoms with Crippen molar-refractivity contribution in [3.63, 3.8) is 0 Å². The van der Waals surface area contributed by atoms with Crippen LogP contribution in [-0.4, -0.2) is 60.4 Å². The van der Waals surface area contributed by atoms with Gasteiger partial charge in [-0.05, 0) is 92.3 Å². The molecular weight excluding hydrogens is 461 g/mol. The lowest BCUT2D eigenvalue weighted by Crippen LogP contribution is -2.34. The Balaban J connectivity index is 1.12. The number of carbonyl (C=O) groups is 1. The molecule has 8 heteroatoms. The van der Waals surface area contributed by atoms with E-state index >= 15 is 0 Å². The van der Waals surface area contributed by atoms with Crippen LogP contribution in [0.25, 0.3) is 0 Å². The summed E-state index contributed by atoms with van der Waals surface area (Å²) in [5.41, 5.74) is 3.70. The zero-order chi connectivity index (χ0) is 24.9. The first kappa shape index (κ1) is 25.1. The van der Waals surface area contributed by atoms with Gasteiger partial charge >= 0.3 is 5.97 Å². The molecule has 5 rings (SSSR count). The number of aliphatic carboxylic acids is 1. The lowest BCUT2D eigenvalue weighted by molar-refractivity contribution is -0.143. The molecule has 7 nitrogen and oxygen atoms in total. The van der Waals surface area contributed by atoms with Crippen LogP contribution < -0.4 is 5.32 Å². The zero-order valence-corrected chi connectivity index (χ0v) is 20.8. The molecule has 1 aromatic carbocycles. The van der Waals surface area contributed by atoms with Crippen LogP contribution in [0.4, 0.5) is 10.2 Å². The van der Waals surface area contributed by atoms with Crippen molar-refractivity contribution < 1.29 is 23.8 Å². The van der Waals surface area contributed by atoms with Gasteiger partial charge in [0, 0.05) is 32.0 Å². The molecule has 0 amide bonds. The molecule has 36 heavy (non-hydrogen) atoms. The maximum atomic E-state index is 14.2. The van der Waals surface area contributed by atoms with Gasteiger partial charge in [-0.2, -0.15) is 0 Å². The van der Waals surface area contributed by atoms with Gasteiger partial charge in [0.2, 0.25) is 0 Å². The first-order chi connectivity index (χ1) is 17.6. The van der Waals surface area contributed by atoms with E-state index in [0.717, 1.165) is 68.6 Å². The van der Waals surface area contributed by atoms with Gasteiger partial charge in [-0.15, -0.1) is 0 Å². The number of carboxylic acids is 1. The van der Waals surface area contributed by atoms with Crippen molar-refractivity contribution in [2.45, 2.75) is 57.1 Å². The smallest absolute Gasteiger partial charge is 0.325 e. The number of hydrogen-bond acceptors (Lipinski definition) is 6. The summed E-state index contributed by atoms with van der Waals surface area (Å²) in [4.78, 5) is 19.0. The van der Waals surface area contributed by atoms with E-state index in [2.05, 4.69) is 17.4 Å². The number of rotatable bonds is 10. The Labute approximate surface area is 212 Å². The van der Waals surface area contributed by atoms with Crippen molar-refractivity contribution in [3.05, 3.63) is 58.5 Å². The van der Waals surface area contributed by atoms with Crippen LogP contribution in [0.15, 0.2) is 30.3 Å². The Kier molecular flexibility index (Phi) is 8.14. The van der Waals surface area contributed by atoms with E-state index in [-0.39, 0.29) is 12.0 Å². The molecule has 4 heterocycles. The highest BCUT2D eigenvalue weighted by molar-refractivity contribution is 5.76. The summed E-state index contributed by atoms with van der Waals surface area (Å²) in [6, 6.07) is 7.89. The average Bonchev–Trinajstić information content (AvgIpc) is 3.57. The maximum Gasteiger partial charge on any atom is 0.325 e. The highest BCUT2D eigenvalue weighted by Crippen LogP contribution is 2.37. The molecule has 0 radical (unpaired) electrons. The largest absolute Gasteiger partial charge is 0.480 e. The second kappa shape index (κ2) is 11.7. The molecule has 0 spiro atoms. The number of likely N-dealkylation sites (tertiary alicyclic amines) is 1. The number of anilines is 1. The molecule has 2 aromatic rings. The highest BCUT2D eigenvalue weighted by atomic mass is 19.1. The zero-order valence-electron chi connectivity index (χ0n) is 20.8. The molecule has 2 fully saturated rings. The number of fused-ring (bicyclic) bond motifs is 1. The summed E-state index contributed by atoms with van der Waals surface area (Å²) in [5.74, 6) is -0.0768. The van der Waals surface area contributed by atoms with Crippen LogP contribution in [0.5, 0.6) is 0 Å². The van der Waals surface area contributed by atoms with Crippen molar-refractivity contribution in [3.8, 4) is 0 Å². The van der Waals surface area contributed by atoms with Gasteiger partial charge in [-0.25, -0.2) is 9.37 Å². The minimum absolute atomic E-state index is 0.162. The number of halogens is 1. The third-order valence-electron chi connectivity index (χ3n) is 7.56. The third-order valence-corrected chi connectivity index (χ3v) is 7.56. The molecule has 2 N–H and O–H groups in total. The van der Waals surface area contributed by atoms with Crippen molar-refractivity contribution >= 4 is 11.8 Å². The lowest BCUT2D eigenvalue weighted by Gasteiger charge is -2.28. The second-order valence-electron chi connectivity index (χ2n) is 10.2. The molecule has 0 saturated carbocycles. The highest BCUT2D eigenvalue weighted by Gasteiger charge is 2.36. The second-order valence-corrected chi connectivity index (χ2v) is 10.2. The predicted molar refractivity (Wildman–Crippen MR) is 135 cm³/mol. The maximum absolute atomic E-state index is 14.2. The molecule has 1 aromatic heterocycles. The number of aryl methyl sites for hydroxylation is 2. The first-order valence-corrected chi connectivity index (χ1v) is 13.3. The Hall–Kier alpha value is -2.55. The topological polar surface area (TPSA) is 83.9 Å².